The Labute approximate surface area is 144 Å². The van der Waals surface area contributed by atoms with Crippen LogP contribution in [-0.4, -0.2) is 37.1 Å². The molecule has 0 aliphatic rings. The van der Waals surface area contributed by atoms with E-state index in [4.69, 9.17) is 17.0 Å². The van der Waals surface area contributed by atoms with Crippen molar-refractivity contribution in [1.29, 1.82) is 0 Å². The van der Waals surface area contributed by atoms with Crippen LogP contribution >= 0.6 is 12.2 Å². The van der Waals surface area contributed by atoms with Crippen LogP contribution in [0.1, 0.15) is 18.4 Å². The minimum absolute atomic E-state index is 0.0468. The van der Waals surface area contributed by atoms with Crippen molar-refractivity contribution in [3.05, 3.63) is 29.8 Å². The molecule has 24 heavy (non-hydrogen) atoms. The second-order valence-corrected chi connectivity index (χ2v) is 5.06. The molecule has 0 radical (unpaired) electrons. The lowest BCUT2D eigenvalue weighted by Gasteiger charge is -2.10. The molecule has 1 rings (SSSR count). The summed E-state index contributed by atoms with van der Waals surface area (Å²) in [5.74, 6) is -0.571. The number of esters is 1. The maximum atomic E-state index is 11.8. The number of hydrogen-bond donors (Lipinski definition) is 3. The monoisotopic (exact) mass is 353 g/mol. The van der Waals surface area contributed by atoms with Crippen LogP contribution in [0.4, 0.5) is 0 Å². The van der Waals surface area contributed by atoms with E-state index in [1.165, 1.54) is 7.11 Å². The first-order chi connectivity index (χ1) is 11.4. The second kappa shape index (κ2) is 10.2. The van der Waals surface area contributed by atoms with Crippen molar-refractivity contribution in [2.75, 3.05) is 14.2 Å². The fourth-order valence-electron chi connectivity index (χ4n) is 1.64. The zero-order valence-corrected chi connectivity index (χ0v) is 14.2. The second-order valence-electron chi connectivity index (χ2n) is 4.65. The van der Waals surface area contributed by atoms with Gasteiger partial charge in [-0.15, -0.1) is 0 Å². The number of benzene rings is 1. The zero-order valence-electron chi connectivity index (χ0n) is 13.4. The van der Waals surface area contributed by atoms with E-state index in [0.717, 1.165) is 5.56 Å². The number of hydrogen-bond acceptors (Lipinski definition) is 6. The lowest BCUT2D eigenvalue weighted by Crippen LogP contribution is -2.48. The van der Waals surface area contributed by atoms with E-state index in [1.807, 2.05) is 0 Å². The van der Waals surface area contributed by atoms with Gasteiger partial charge in [-0.05, 0) is 29.9 Å². The number of rotatable bonds is 6. The number of nitrogens with one attached hydrogen (secondary N) is 3. The lowest BCUT2D eigenvalue weighted by atomic mass is 10.1. The van der Waals surface area contributed by atoms with Gasteiger partial charge in [0.25, 0.3) is 0 Å². The zero-order chi connectivity index (χ0) is 17.9. The molecule has 0 atom stereocenters. The number of carbonyl (C=O) groups is 3. The molecule has 130 valence electrons. The summed E-state index contributed by atoms with van der Waals surface area (Å²) in [6, 6.07) is 7.04. The summed E-state index contributed by atoms with van der Waals surface area (Å²) in [7, 11) is 2.80. The number of amides is 2. The van der Waals surface area contributed by atoms with Gasteiger partial charge in [0.2, 0.25) is 11.8 Å². The first kappa shape index (κ1) is 19.4. The highest BCUT2D eigenvalue weighted by molar-refractivity contribution is 7.80. The van der Waals surface area contributed by atoms with Crippen LogP contribution in [0.5, 0.6) is 5.75 Å². The Bertz CT molecular complexity index is 604. The average molecular weight is 353 g/mol. The molecular formula is C15H19N3O5S. The summed E-state index contributed by atoms with van der Waals surface area (Å²) in [6.07, 6.45) is 0.0267. The summed E-state index contributed by atoms with van der Waals surface area (Å²) in [5.41, 5.74) is 5.58. The van der Waals surface area contributed by atoms with E-state index in [-0.39, 0.29) is 30.3 Å². The number of carbonyl (C=O) groups excluding carboxylic acids is 3. The van der Waals surface area contributed by atoms with Crippen molar-refractivity contribution in [2.24, 2.45) is 0 Å². The molecule has 0 saturated carbocycles. The molecule has 8 nitrogen and oxygen atoms in total. The molecule has 1 aromatic carbocycles. The van der Waals surface area contributed by atoms with Crippen LogP contribution in [0.15, 0.2) is 24.3 Å². The third-order valence-corrected chi connectivity index (χ3v) is 3.08. The third-order valence-electron chi connectivity index (χ3n) is 2.88. The van der Waals surface area contributed by atoms with Gasteiger partial charge in [0.05, 0.1) is 27.1 Å². The summed E-state index contributed by atoms with van der Waals surface area (Å²) in [5, 5.41) is 2.27. The molecular weight excluding hydrogens is 334 g/mol. The van der Waals surface area contributed by atoms with Crippen molar-refractivity contribution in [3.63, 3.8) is 0 Å². The van der Waals surface area contributed by atoms with Crippen molar-refractivity contribution < 1.29 is 23.9 Å². The van der Waals surface area contributed by atoms with E-state index in [1.54, 1.807) is 31.4 Å². The standard InChI is InChI=1S/C15H19N3O5S/c1-22-11-5-3-10(4-6-11)9-13(20)17-18-15(24)16-12(19)7-8-14(21)23-2/h3-6H,7-9H2,1-2H3,(H,17,20)(H2,16,18,19,24). The van der Waals surface area contributed by atoms with Crippen molar-refractivity contribution >= 4 is 35.1 Å². The fraction of sp³-hybridized carbons (Fsp3) is 0.333. The topological polar surface area (TPSA) is 106 Å². The Balaban J connectivity index is 2.28. The summed E-state index contributed by atoms with van der Waals surface area (Å²) in [4.78, 5) is 34.2. The Hall–Kier alpha value is -2.68. The predicted octanol–water partition coefficient (Wildman–Crippen LogP) is 0.213. The molecule has 0 saturated heterocycles. The smallest absolute Gasteiger partial charge is 0.306 e. The number of hydrazine groups is 1. The van der Waals surface area contributed by atoms with Crippen LogP contribution in [0, 0.1) is 0 Å². The van der Waals surface area contributed by atoms with Crippen LogP contribution in [-0.2, 0) is 25.5 Å². The Morgan fingerprint density at radius 3 is 2.25 bits per heavy atom. The Kier molecular flexibility index (Phi) is 8.20. The average Bonchev–Trinajstić information content (AvgIpc) is 2.58. The highest BCUT2D eigenvalue weighted by Gasteiger charge is 2.09. The van der Waals surface area contributed by atoms with Gasteiger partial charge in [0, 0.05) is 6.42 Å². The molecule has 0 bridgehead atoms. The minimum Gasteiger partial charge on any atom is -0.497 e. The molecule has 3 N–H and O–H groups in total. The number of ether oxygens (including phenoxy) is 2. The van der Waals surface area contributed by atoms with Gasteiger partial charge >= 0.3 is 5.97 Å². The molecule has 0 spiro atoms. The molecule has 0 aliphatic carbocycles. The maximum absolute atomic E-state index is 11.8. The molecule has 0 fully saturated rings. The van der Waals surface area contributed by atoms with Crippen LogP contribution < -0.4 is 20.9 Å². The van der Waals surface area contributed by atoms with E-state index >= 15 is 0 Å². The predicted molar refractivity (Wildman–Crippen MR) is 90.0 cm³/mol. The van der Waals surface area contributed by atoms with E-state index < -0.39 is 11.9 Å². The molecule has 0 aliphatic heterocycles. The Morgan fingerprint density at radius 2 is 1.67 bits per heavy atom. The van der Waals surface area contributed by atoms with Crippen molar-refractivity contribution in [3.8, 4) is 5.75 Å². The van der Waals surface area contributed by atoms with Crippen LogP contribution in [0.2, 0.25) is 0 Å². The van der Waals surface area contributed by atoms with E-state index in [9.17, 15) is 14.4 Å². The molecule has 0 aromatic heterocycles. The maximum Gasteiger partial charge on any atom is 0.306 e. The molecule has 0 heterocycles. The quantitative estimate of drug-likeness (QED) is 0.381. The first-order valence-corrected chi connectivity index (χ1v) is 7.44. The Morgan fingerprint density at radius 1 is 1.00 bits per heavy atom. The van der Waals surface area contributed by atoms with Gasteiger partial charge in [-0.2, -0.15) is 0 Å². The van der Waals surface area contributed by atoms with Crippen molar-refractivity contribution in [2.45, 2.75) is 19.3 Å². The first-order valence-electron chi connectivity index (χ1n) is 7.03. The number of methoxy groups -OCH3 is 2. The van der Waals surface area contributed by atoms with Gasteiger partial charge < -0.3 is 14.8 Å². The lowest BCUT2D eigenvalue weighted by molar-refractivity contribution is -0.142. The van der Waals surface area contributed by atoms with Crippen molar-refractivity contribution in [1.82, 2.24) is 16.2 Å². The highest BCUT2D eigenvalue weighted by atomic mass is 32.1. The molecule has 2 amide bonds. The van der Waals surface area contributed by atoms with E-state index in [2.05, 4.69) is 20.9 Å². The van der Waals surface area contributed by atoms with Gasteiger partial charge in [-0.1, -0.05) is 12.1 Å². The summed E-state index contributed by atoms with van der Waals surface area (Å²) < 4.78 is 9.46. The fourth-order valence-corrected chi connectivity index (χ4v) is 1.80. The van der Waals surface area contributed by atoms with Gasteiger partial charge in [0.1, 0.15) is 5.75 Å². The SMILES string of the molecule is COC(=O)CCC(=O)NC(=S)NNC(=O)Cc1ccc(OC)cc1. The van der Waals surface area contributed by atoms with Crippen LogP contribution in [0.3, 0.4) is 0 Å². The molecule has 0 unspecified atom stereocenters. The normalized spacial score (nSPS) is 9.58. The molecule has 9 heteroatoms. The number of thiocarbonyl (C=S) groups is 1. The summed E-state index contributed by atoms with van der Waals surface area (Å²) >= 11 is 4.86. The minimum atomic E-state index is -0.489. The van der Waals surface area contributed by atoms with Crippen LogP contribution in [0.25, 0.3) is 0 Å². The van der Waals surface area contributed by atoms with Gasteiger partial charge in [-0.25, -0.2) is 0 Å². The largest absolute Gasteiger partial charge is 0.497 e. The summed E-state index contributed by atoms with van der Waals surface area (Å²) in [6.45, 7) is 0. The van der Waals surface area contributed by atoms with E-state index in [0.29, 0.717) is 5.75 Å². The third kappa shape index (κ3) is 7.54. The molecule has 1 aromatic rings. The van der Waals surface area contributed by atoms with Gasteiger partial charge in [-0.3, -0.25) is 25.2 Å². The van der Waals surface area contributed by atoms with Gasteiger partial charge in [0.15, 0.2) is 5.11 Å². The highest BCUT2D eigenvalue weighted by Crippen LogP contribution is 2.11.